The predicted molar refractivity (Wildman–Crippen MR) is 71.9 cm³/mol. The summed E-state index contributed by atoms with van der Waals surface area (Å²) in [5.74, 6) is 0. The fraction of sp³-hybridized carbons (Fsp3) is 0.273. The average Bonchev–Trinajstić information content (AvgIpc) is 2.56. The molecular weight excluding hydrogens is 300 g/mol. The highest BCUT2D eigenvalue weighted by atomic mass is 79.9. The Morgan fingerprint density at radius 1 is 1.53 bits per heavy atom. The highest BCUT2D eigenvalue weighted by Gasteiger charge is 2.14. The maximum Gasteiger partial charge on any atom is 0.116 e. The van der Waals surface area contributed by atoms with Crippen LogP contribution in [0.3, 0.4) is 0 Å². The standard InChI is InChI=1S/C11H13BrN4S/c1-7-8(6-13)11(16(2)15-7)17-10-9(12)4-3-5-14-10/h3-5H,6,13H2,1-2H3. The van der Waals surface area contributed by atoms with Gasteiger partial charge in [0.2, 0.25) is 0 Å². The zero-order valence-corrected chi connectivity index (χ0v) is 12.0. The van der Waals surface area contributed by atoms with Crippen LogP contribution in [-0.2, 0) is 13.6 Å². The number of hydrogen-bond acceptors (Lipinski definition) is 4. The van der Waals surface area contributed by atoms with Crippen molar-refractivity contribution in [1.29, 1.82) is 0 Å². The number of nitrogens with two attached hydrogens (primary N) is 1. The molecule has 4 nitrogen and oxygen atoms in total. The van der Waals surface area contributed by atoms with Gasteiger partial charge in [-0.25, -0.2) is 4.98 Å². The molecule has 0 aliphatic rings. The van der Waals surface area contributed by atoms with Crippen LogP contribution in [0.15, 0.2) is 32.9 Å². The Kier molecular flexibility index (Phi) is 3.86. The summed E-state index contributed by atoms with van der Waals surface area (Å²) in [7, 11) is 1.92. The summed E-state index contributed by atoms with van der Waals surface area (Å²) in [6.45, 7) is 2.46. The highest BCUT2D eigenvalue weighted by molar-refractivity contribution is 9.10. The van der Waals surface area contributed by atoms with E-state index in [1.807, 2.05) is 30.8 Å². The number of hydrogen-bond donors (Lipinski definition) is 1. The second-order valence-electron chi connectivity index (χ2n) is 3.59. The molecule has 0 fully saturated rings. The van der Waals surface area contributed by atoms with Gasteiger partial charge in [0, 0.05) is 25.4 Å². The van der Waals surface area contributed by atoms with Crippen molar-refractivity contribution in [3.05, 3.63) is 34.1 Å². The molecule has 0 atom stereocenters. The Balaban J connectivity index is 2.40. The Morgan fingerprint density at radius 3 is 2.94 bits per heavy atom. The first-order valence-electron chi connectivity index (χ1n) is 5.14. The molecule has 0 aliphatic heterocycles. The van der Waals surface area contributed by atoms with E-state index in [2.05, 4.69) is 26.0 Å². The third-order valence-corrected chi connectivity index (χ3v) is 4.54. The van der Waals surface area contributed by atoms with Gasteiger partial charge in [0.05, 0.1) is 10.2 Å². The minimum absolute atomic E-state index is 0.493. The molecule has 0 unspecified atom stereocenters. The Hall–Kier alpha value is -0.850. The molecule has 2 aromatic heterocycles. The monoisotopic (exact) mass is 312 g/mol. The van der Waals surface area contributed by atoms with Gasteiger partial charge < -0.3 is 5.73 Å². The average molecular weight is 313 g/mol. The fourth-order valence-electron chi connectivity index (χ4n) is 1.58. The van der Waals surface area contributed by atoms with Gasteiger partial charge in [-0.1, -0.05) is 0 Å². The third kappa shape index (κ3) is 2.53. The van der Waals surface area contributed by atoms with Crippen molar-refractivity contribution in [2.45, 2.75) is 23.5 Å². The third-order valence-electron chi connectivity index (χ3n) is 2.41. The van der Waals surface area contributed by atoms with Gasteiger partial charge in [-0.15, -0.1) is 0 Å². The number of aromatic nitrogens is 3. The number of pyridine rings is 1. The molecule has 0 amide bonds. The topological polar surface area (TPSA) is 56.7 Å². The lowest BCUT2D eigenvalue weighted by Crippen LogP contribution is -2.00. The van der Waals surface area contributed by atoms with E-state index in [0.717, 1.165) is 25.8 Å². The minimum Gasteiger partial charge on any atom is -0.326 e. The number of aryl methyl sites for hydroxylation is 2. The maximum absolute atomic E-state index is 5.76. The molecule has 2 N–H and O–H groups in total. The fourth-order valence-corrected chi connectivity index (χ4v) is 3.07. The number of rotatable bonds is 3. The van der Waals surface area contributed by atoms with E-state index in [9.17, 15) is 0 Å². The molecule has 0 spiro atoms. The first kappa shape index (κ1) is 12.6. The van der Waals surface area contributed by atoms with Crippen LogP contribution < -0.4 is 5.73 Å². The maximum atomic E-state index is 5.76. The summed E-state index contributed by atoms with van der Waals surface area (Å²) >= 11 is 5.06. The smallest absolute Gasteiger partial charge is 0.116 e. The Morgan fingerprint density at radius 2 is 2.29 bits per heavy atom. The van der Waals surface area contributed by atoms with Crippen molar-refractivity contribution >= 4 is 27.7 Å². The summed E-state index contributed by atoms with van der Waals surface area (Å²) in [6, 6.07) is 3.87. The van der Waals surface area contributed by atoms with E-state index in [1.54, 1.807) is 18.0 Å². The van der Waals surface area contributed by atoms with Crippen molar-refractivity contribution in [1.82, 2.24) is 14.8 Å². The van der Waals surface area contributed by atoms with Crippen LogP contribution >= 0.6 is 27.7 Å². The van der Waals surface area contributed by atoms with Crippen molar-refractivity contribution in [2.75, 3.05) is 0 Å². The van der Waals surface area contributed by atoms with Crippen molar-refractivity contribution < 1.29 is 0 Å². The molecule has 0 saturated carbocycles. The highest BCUT2D eigenvalue weighted by Crippen LogP contribution is 2.34. The molecule has 0 aliphatic carbocycles. The Labute approximate surface area is 113 Å². The molecule has 0 aromatic carbocycles. The SMILES string of the molecule is Cc1nn(C)c(Sc2ncccc2Br)c1CN. The molecule has 90 valence electrons. The Bertz CT molecular complexity index is 538. The zero-order valence-electron chi connectivity index (χ0n) is 9.64. The first-order valence-corrected chi connectivity index (χ1v) is 6.75. The van der Waals surface area contributed by atoms with Gasteiger partial charge in [-0.2, -0.15) is 5.10 Å². The van der Waals surface area contributed by atoms with Gasteiger partial charge in [0.1, 0.15) is 10.1 Å². The van der Waals surface area contributed by atoms with E-state index >= 15 is 0 Å². The molecule has 0 saturated heterocycles. The lowest BCUT2D eigenvalue weighted by Gasteiger charge is -2.05. The molecule has 0 radical (unpaired) electrons. The largest absolute Gasteiger partial charge is 0.326 e. The number of nitrogens with zero attached hydrogens (tertiary/aromatic N) is 3. The second-order valence-corrected chi connectivity index (χ2v) is 5.42. The molecule has 2 heterocycles. The second kappa shape index (κ2) is 5.20. The molecule has 0 bridgehead atoms. The van der Waals surface area contributed by atoms with Gasteiger partial charge in [-0.3, -0.25) is 4.68 Å². The van der Waals surface area contributed by atoms with Gasteiger partial charge in [0.25, 0.3) is 0 Å². The summed E-state index contributed by atoms with van der Waals surface area (Å²) in [6.07, 6.45) is 1.78. The predicted octanol–water partition coefficient (Wildman–Crippen LogP) is 2.50. The summed E-state index contributed by atoms with van der Waals surface area (Å²) in [5, 5.41) is 6.35. The normalized spacial score (nSPS) is 10.8. The van der Waals surface area contributed by atoms with E-state index in [0.29, 0.717) is 6.54 Å². The van der Waals surface area contributed by atoms with Crippen LogP contribution in [0.1, 0.15) is 11.3 Å². The van der Waals surface area contributed by atoms with Gasteiger partial charge >= 0.3 is 0 Å². The summed E-state index contributed by atoms with van der Waals surface area (Å²) < 4.78 is 2.83. The minimum atomic E-state index is 0.493. The first-order chi connectivity index (χ1) is 8.13. The van der Waals surface area contributed by atoms with Gasteiger partial charge in [0.15, 0.2) is 0 Å². The van der Waals surface area contributed by atoms with Crippen LogP contribution in [0, 0.1) is 6.92 Å². The van der Waals surface area contributed by atoms with Crippen molar-refractivity contribution in [2.24, 2.45) is 12.8 Å². The van der Waals surface area contributed by atoms with Crippen LogP contribution in [-0.4, -0.2) is 14.8 Å². The zero-order chi connectivity index (χ0) is 12.4. The summed E-state index contributed by atoms with van der Waals surface area (Å²) in [4.78, 5) is 4.33. The molecular formula is C11H13BrN4S. The lowest BCUT2D eigenvalue weighted by atomic mass is 10.3. The van der Waals surface area contributed by atoms with E-state index < -0.39 is 0 Å². The summed E-state index contributed by atoms with van der Waals surface area (Å²) in [5.41, 5.74) is 7.81. The van der Waals surface area contributed by atoms with E-state index in [1.165, 1.54) is 0 Å². The molecule has 6 heteroatoms. The quantitative estimate of drug-likeness (QED) is 0.946. The van der Waals surface area contributed by atoms with Crippen molar-refractivity contribution in [3.63, 3.8) is 0 Å². The molecule has 2 aromatic rings. The van der Waals surface area contributed by atoms with E-state index in [-0.39, 0.29) is 0 Å². The molecule has 2 rings (SSSR count). The van der Waals surface area contributed by atoms with Gasteiger partial charge in [-0.05, 0) is 46.7 Å². The van der Waals surface area contributed by atoms with Crippen LogP contribution in [0.2, 0.25) is 0 Å². The number of halogens is 1. The van der Waals surface area contributed by atoms with Crippen LogP contribution in [0.5, 0.6) is 0 Å². The van der Waals surface area contributed by atoms with E-state index in [4.69, 9.17) is 5.73 Å². The lowest BCUT2D eigenvalue weighted by molar-refractivity contribution is 0.688. The van der Waals surface area contributed by atoms with Crippen molar-refractivity contribution in [3.8, 4) is 0 Å². The van der Waals surface area contributed by atoms with Crippen LogP contribution in [0.4, 0.5) is 0 Å². The molecule has 17 heavy (non-hydrogen) atoms. The van der Waals surface area contributed by atoms with Crippen LogP contribution in [0.25, 0.3) is 0 Å².